The lowest BCUT2D eigenvalue weighted by Crippen LogP contribution is -2.50. The lowest BCUT2D eigenvalue weighted by atomic mass is 10.1. The molecule has 0 aliphatic rings. The summed E-state index contributed by atoms with van der Waals surface area (Å²) in [4.78, 5) is 5.71. The van der Waals surface area contributed by atoms with Crippen molar-refractivity contribution in [2.75, 3.05) is 0 Å². The van der Waals surface area contributed by atoms with Gasteiger partial charge in [0.1, 0.15) is 12.0 Å². The summed E-state index contributed by atoms with van der Waals surface area (Å²) in [5, 5.41) is 0. The molecule has 0 aromatic carbocycles. The van der Waals surface area contributed by atoms with Gasteiger partial charge in [0, 0.05) is 12.3 Å². The van der Waals surface area contributed by atoms with Gasteiger partial charge in [-0.1, -0.05) is 0 Å². The molecule has 0 N–H and O–H groups in total. The Bertz CT molecular complexity index is 359. The molecule has 16 heavy (non-hydrogen) atoms. The van der Waals surface area contributed by atoms with Crippen LogP contribution in [0.15, 0.2) is 12.5 Å². The van der Waals surface area contributed by atoms with Crippen molar-refractivity contribution < 1.29 is 30.7 Å². The minimum absolute atomic E-state index is 0.423. The van der Waals surface area contributed by atoms with Gasteiger partial charge in [-0.05, 0) is 0 Å². The first kappa shape index (κ1) is 12.7. The average Bonchev–Trinajstić information content (AvgIpc) is 2.17. The molecule has 9 heteroatoms. The van der Waals surface area contributed by atoms with E-state index in [1.807, 2.05) is 0 Å². The van der Waals surface area contributed by atoms with Gasteiger partial charge in [0.05, 0.1) is 0 Å². The van der Waals surface area contributed by atoms with Gasteiger partial charge in [0.25, 0.3) is 0 Å². The van der Waals surface area contributed by atoms with Gasteiger partial charge in [0.2, 0.25) is 0 Å². The predicted octanol–water partition coefficient (Wildman–Crippen LogP) is 2.57. The Balaban J connectivity index is 3.22. The second kappa shape index (κ2) is 3.56. The zero-order valence-electron chi connectivity index (χ0n) is 7.19. The Labute approximate surface area is 84.1 Å². The quantitative estimate of drug-likeness (QED) is 0.750. The van der Waals surface area contributed by atoms with E-state index in [0.29, 0.717) is 12.5 Å². The molecule has 0 amide bonds. The van der Waals surface area contributed by atoms with E-state index in [9.17, 15) is 30.7 Å². The molecule has 1 aromatic rings. The Morgan fingerprint density at radius 2 is 1.56 bits per heavy atom. The number of rotatable bonds is 2. The number of alkyl halides is 7. The molecule has 0 saturated carbocycles. The van der Waals surface area contributed by atoms with Crippen molar-refractivity contribution in [1.29, 1.82) is 0 Å². The van der Waals surface area contributed by atoms with Gasteiger partial charge < -0.3 is 0 Å². The summed E-state index contributed by atoms with van der Waals surface area (Å²) in [6, 6.07) is 1.43. The topological polar surface area (TPSA) is 25.8 Å². The monoisotopic (exact) mass is 247 g/mol. The van der Waals surface area contributed by atoms with Crippen LogP contribution < -0.4 is 0 Å². The molecule has 0 unspecified atom stereocenters. The number of hydrogen-bond acceptors (Lipinski definition) is 2. The number of aromatic nitrogens is 2. The molecule has 1 rings (SSSR count). The summed E-state index contributed by atoms with van der Waals surface area (Å²) >= 11 is 0. The molecule has 2 nitrogen and oxygen atoms in total. The lowest BCUT2D eigenvalue weighted by molar-refractivity contribution is -0.360. The maximum absolute atomic E-state index is 12.8. The Morgan fingerprint density at radius 1 is 1.00 bits per heavy atom. The highest BCUT2D eigenvalue weighted by Crippen LogP contribution is 2.50. The van der Waals surface area contributed by atoms with E-state index >= 15 is 0 Å². The van der Waals surface area contributed by atoms with Crippen LogP contribution in [-0.4, -0.2) is 22.1 Å². The third-order valence-corrected chi connectivity index (χ3v) is 1.58. The van der Waals surface area contributed by atoms with E-state index in [1.54, 1.807) is 0 Å². The zero-order chi connectivity index (χ0) is 12.6. The highest BCUT2D eigenvalue weighted by molar-refractivity contribution is 5.11. The Kier molecular flexibility index (Phi) is 2.82. The van der Waals surface area contributed by atoms with Crippen molar-refractivity contribution in [3.05, 3.63) is 24.3 Å². The number of nitrogens with zero attached hydrogens (tertiary/aromatic N) is 2. The van der Waals surface area contributed by atoms with Crippen LogP contribution in [0.3, 0.4) is 0 Å². The molecular weight excluding hydrogens is 245 g/mol. The number of halogens is 7. The molecule has 89 valence electrons. The minimum atomic E-state index is -6.38. The van der Waals surface area contributed by atoms with Crippen LogP contribution >= 0.6 is 0 Å². The second-order valence-corrected chi connectivity index (χ2v) is 2.66. The van der Waals surface area contributed by atoms with E-state index in [2.05, 4.69) is 9.97 Å². The van der Waals surface area contributed by atoms with Crippen LogP contribution in [0.25, 0.3) is 0 Å². The molecule has 0 atom stereocenters. The maximum atomic E-state index is 12.8. The van der Waals surface area contributed by atoms with Crippen LogP contribution in [0, 0.1) is 6.07 Å². The molecule has 1 aromatic heterocycles. The molecular formula is C7H2F7N2. The molecule has 0 bridgehead atoms. The second-order valence-electron chi connectivity index (χ2n) is 2.66. The third kappa shape index (κ3) is 1.81. The molecule has 1 radical (unpaired) electrons. The van der Waals surface area contributed by atoms with Crippen LogP contribution in [0.5, 0.6) is 0 Å². The fraction of sp³-hybridized carbons (Fsp3) is 0.429. The van der Waals surface area contributed by atoms with Gasteiger partial charge in [-0.2, -0.15) is 30.7 Å². The molecule has 0 fully saturated rings. The normalized spacial score (nSPS) is 13.9. The van der Waals surface area contributed by atoms with Crippen molar-refractivity contribution in [3.63, 3.8) is 0 Å². The van der Waals surface area contributed by atoms with Crippen LogP contribution in [0.1, 0.15) is 5.69 Å². The summed E-state index contributed by atoms with van der Waals surface area (Å²) in [6.45, 7) is 0. The van der Waals surface area contributed by atoms with Crippen molar-refractivity contribution in [1.82, 2.24) is 9.97 Å². The van der Waals surface area contributed by atoms with E-state index in [0.717, 1.165) is 0 Å². The van der Waals surface area contributed by atoms with Crippen molar-refractivity contribution >= 4 is 0 Å². The molecule has 1 heterocycles. The van der Waals surface area contributed by atoms with Crippen LogP contribution in [0.4, 0.5) is 30.7 Å². The molecule has 0 aliphatic carbocycles. The molecule has 0 saturated heterocycles. The number of hydrogen-bond donors (Lipinski definition) is 0. The standard InChI is InChI=1S/C7H2F7N2/c8-5(9,4-1-2-15-3-16-4)6(10,11)7(12,13)14/h2-3H. The zero-order valence-corrected chi connectivity index (χ0v) is 7.19. The molecule has 0 aliphatic heterocycles. The first-order valence-corrected chi connectivity index (χ1v) is 3.61. The highest BCUT2D eigenvalue weighted by atomic mass is 19.4. The smallest absolute Gasteiger partial charge is 0.244 e. The summed E-state index contributed by atoms with van der Waals surface area (Å²) in [5.41, 5.74) is -1.81. The van der Waals surface area contributed by atoms with Gasteiger partial charge in [0.15, 0.2) is 0 Å². The highest BCUT2D eigenvalue weighted by Gasteiger charge is 2.74. The van der Waals surface area contributed by atoms with Crippen LogP contribution in [0.2, 0.25) is 0 Å². The first-order chi connectivity index (χ1) is 7.11. The van der Waals surface area contributed by atoms with Gasteiger partial charge in [-0.3, -0.25) is 0 Å². The summed E-state index contributed by atoms with van der Waals surface area (Å²) < 4.78 is 85.7. The maximum Gasteiger partial charge on any atom is 0.460 e. The Hall–Kier alpha value is -1.41. The van der Waals surface area contributed by atoms with E-state index in [4.69, 9.17) is 0 Å². The van der Waals surface area contributed by atoms with Crippen LogP contribution in [-0.2, 0) is 5.92 Å². The third-order valence-electron chi connectivity index (χ3n) is 1.58. The minimum Gasteiger partial charge on any atom is -0.244 e. The van der Waals surface area contributed by atoms with Crippen molar-refractivity contribution in [2.24, 2.45) is 0 Å². The van der Waals surface area contributed by atoms with E-state index in [1.165, 1.54) is 6.07 Å². The van der Waals surface area contributed by atoms with Gasteiger partial charge >= 0.3 is 18.0 Å². The Morgan fingerprint density at radius 3 is 1.94 bits per heavy atom. The fourth-order valence-electron chi connectivity index (χ4n) is 0.759. The van der Waals surface area contributed by atoms with Gasteiger partial charge in [-0.25, -0.2) is 9.97 Å². The van der Waals surface area contributed by atoms with E-state index < -0.39 is 23.7 Å². The SMILES string of the molecule is FC(F)(F)C(F)(F)C(F)(F)c1[c]cncn1. The molecule has 0 spiro atoms. The average molecular weight is 247 g/mol. The summed E-state index contributed by atoms with van der Waals surface area (Å²) in [6.07, 6.45) is -5.44. The largest absolute Gasteiger partial charge is 0.460 e. The van der Waals surface area contributed by atoms with Gasteiger partial charge in [-0.15, -0.1) is 0 Å². The fourth-order valence-corrected chi connectivity index (χ4v) is 0.759. The lowest BCUT2D eigenvalue weighted by Gasteiger charge is -2.27. The predicted molar refractivity (Wildman–Crippen MR) is 35.8 cm³/mol. The van der Waals surface area contributed by atoms with Crippen molar-refractivity contribution in [2.45, 2.75) is 18.0 Å². The summed E-state index contributed by atoms with van der Waals surface area (Å²) in [7, 11) is 0. The van der Waals surface area contributed by atoms with E-state index in [-0.39, 0.29) is 0 Å². The first-order valence-electron chi connectivity index (χ1n) is 3.61. The summed E-state index contributed by atoms with van der Waals surface area (Å²) in [5.74, 6) is -11.7. The van der Waals surface area contributed by atoms with Crippen molar-refractivity contribution in [3.8, 4) is 0 Å².